The Bertz CT molecular complexity index is 558. The van der Waals surface area contributed by atoms with Crippen molar-refractivity contribution in [3.8, 4) is 0 Å². The lowest BCUT2D eigenvalue weighted by molar-refractivity contribution is 0.407. The number of guanidine groups is 1. The lowest BCUT2D eigenvalue weighted by Gasteiger charge is -2.34. The highest BCUT2D eigenvalue weighted by Crippen LogP contribution is 2.20. The third kappa shape index (κ3) is 5.61. The summed E-state index contributed by atoms with van der Waals surface area (Å²) in [5.74, 6) is 2.19. The van der Waals surface area contributed by atoms with Crippen molar-refractivity contribution in [3.63, 3.8) is 0 Å². The molecule has 0 amide bonds. The second kappa shape index (κ2) is 9.65. The molecule has 1 saturated heterocycles. The van der Waals surface area contributed by atoms with E-state index in [-0.39, 0.29) is 5.56 Å². The third-order valence-corrected chi connectivity index (χ3v) is 5.49. The number of hydrogen-bond donors (Lipinski definition) is 1. The highest BCUT2D eigenvalue weighted by atomic mass is 32.2. The summed E-state index contributed by atoms with van der Waals surface area (Å²) in [5, 5.41) is 4.18. The second-order valence-electron chi connectivity index (χ2n) is 5.76. The van der Waals surface area contributed by atoms with E-state index in [1.807, 2.05) is 19.3 Å². The van der Waals surface area contributed by atoms with Crippen LogP contribution in [0.4, 0.5) is 0 Å². The van der Waals surface area contributed by atoms with Crippen LogP contribution in [0.25, 0.3) is 0 Å². The van der Waals surface area contributed by atoms with Gasteiger partial charge in [0.1, 0.15) is 0 Å². The molecule has 1 aliphatic rings. The fourth-order valence-corrected chi connectivity index (χ4v) is 3.92. The van der Waals surface area contributed by atoms with E-state index in [4.69, 9.17) is 0 Å². The Morgan fingerprint density at radius 2 is 2.30 bits per heavy atom. The maximum Gasteiger partial charge on any atom is 0.250 e. The van der Waals surface area contributed by atoms with Crippen LogP contribution in [-0.4, -0.2) is 53.1 Å². The summed E-state index contributed by atoms with van der Waals surface area (Å²) in [6.07, 6.45) is 5.08. The first-order valence-electron chi connectivity index (χ1n) is 8.47. The largest absolute Gasteiger partial charge is 0.356 e. The maximum absolute atomic E-state index is 11.6. The Labute approximate surface area is 143 Å². The van der Waals surface area contributed by atoms with E-state index in [9.17, 15) is 4.79 Å². The molecule has 128 valence electrons. The number of aliphatic imine (C=N–C) groups is 1. The summed E-state index contributed by atoms with van der Waals surface area (Å²) in [7, 11) is 1.86. The van der Waals surface area contributed by atoms with Crippen LogP contribution in [0.2, 0.25) is 0 Å². The van der Waals surface area contributed by atoms with Gasteiger partial charge in [-0.15, -0.1) is 0 Å². The van der Waals surface area contributed by atoms with Gasteiger partial charge in [0.15, 0.2) is 5.96 Å². The molecule has 1 aromatic heterocycles. The van der Waals surface area contributed by atoms with Crippen molar-refractivity contribution in [1.82, 2.24) is 14.8 Å². The number of nitrogens with one attached hydrogen (secondary N) is 1. The first-order chi connectivity index (χ1) is 11.2. The molecule has 0 saturated carbocycles. The standard InChI is InChI=1S/C17H28N4OS/c1-3-15-14-21(12-13-23-15)17(18-2)19-9-5-7-11-20-10-6-4-8-16(20)22/h4,6,8,10,15H,3,5,7,9,11-14H2,1-2H3,(H,18,19). The van der Waals surface area contributed by atoms with Crippen molar-refractivity contribution in [2.75, 3.05) is 32.4 Å². The summed E-state index contributed by atoms with van der Waals surface area (Å²) >= 11 is 2.07. The Hall–Kier alpha value is -1.43. The number of rotatable bonds is 6. The molecular weight excluding hydrogens is 308 g/mol. The first-order valence-corrected chi connectivity index (χ1v) is 9.52. The lowest BCUT2D eigenvalue weighted by Crippen LogP contribution is -2.48. The van der Waals surface area contributed by atoms with Crippen molar-refractivity contribution < 1.29 is 0 Å². The van der Waals surface area contributed by atoms with Gasteiger partial charge in [0.05, 0.1) is 0 Å². The minimum Gasteiger partial charge on any atom is -0.356 e. The van der Waals surface area contributed by atoms with Gasteiger partial charge in [-0.3, -0.25) is 9.79 Å². The summed E-state index contributed by atoms with van der Waals surface area (Å²) in [5.41, 5.74) is 0.0766. The van der Waals surface area contributed by atoms with E-state index in [1.165, 1.54) is 12.2 Å². The predicted molar refractivity (Wildman–Crippen MR) is 99.4 cm³/mol. The van der Waals surface area contributed by atoms with Crippen LogP contribution in [-0.2, 0) is 6.54 Å². The molecule has 23 heavy (non-hydrogen) atoms. The Balaban J connectivity index is 1.70. The minimum absolute atomic E-state index is 0.0766. The normalized spacial score (nSPS) is 19.0. The summed E-state index contributed by atoms with van der Waals surface area (Å²) in [6, 6.07) is 5.30. The van der Waals surface area contributed by atoms with Crippen LogP contribution in [0.15, 0.2) is 34.2 Å². The third-order valence-electron chi connectivity index (χ3n) is 4.11. The van der Waals surface area contributed by atoms with Crippen LogP contribution in [0.3, 0.4) is 0 Å². The van der Waals surface area contributed by atoms with Crippen LogP contribution >= 0.6 is 11.8 Å². The van der Waals surface area contributed by atoms with Crippen LogP contribution in [0, 0.1) is 0 Å². The van der Waals surface area contributed by atoms with Gasteiger partial charge in [-0.2, -0.15) is 11.8 Å². The minimum atomic E-state index is 0.0766. The molecule has 0 aliphatic carbocycles. The molecule has 1 aliphatic heterocycles. The molecule has 5 nitrogen and oxygen atoms in total. The smallest absolute Gasteiger partial charge is 0.250 e. The van der Waals surface area contributed by atoms with E-state index in [2.05, 4.69) is 33.9 Å². The average Bonchev–Trinajstić information content (AvgIpc) is 2.59. The molecule has 1 N–H and O–H groups in total. The van der Waals surface area contributed by atoms with Gasteiger partial charge in [0.2, 0.25) is 5.56 Å². The Morgan fingerprint density at radius 1 is 1.43 bits per heavy atom. The molecule has 1 fully saturated rings. The van der Waals surface area contributed by atoms with Gasteiger partial charge < -0.3 is 14.8 Å². The van der Waals surface area contributed by atoms with Crippen molar-refractivity contribution in [3.05, 3.63) is 34.7 Å². The van der Waals surface area contributed by atoms with Gasteiger partial charge in [0, 0.05) is 56.5 Å². The fourth-order valence-electron chi connectivity index (χ4n) is 2.74. The van der Waals surface area contributed by atoms with Crippen molar-refractivity contribution in [2.24, 2.45) is 4.99 Å². The molecule has 1 atom stereocenters. The zero-order valence-corrected chi connectivity index (χ0v) is 15.0. The van der Waals surface area contributed by atoms with E-state index in [0.29, 0.717) is 5.25 Å². The summed E-state index contributed by atoms with van der Waals surface area (Å²) in [6.45, 7) is 6.08. The van der Waals surface area contributed by atoms with E-state index >= 15 is 0 Å². The van der Waals surface area contributed by atoms with Crippen molar-refractivity contribution in [1.29, 1.82) is 0 Å². The lowest BCUT2D eigenvalue weighted by atomic mass is 10.3. The van der Waals surface area contributed by atoms with E-state index in [1.54, 1.807) is 16.7 Å². The second-order valence-corrected chi connectivity index (χ2v) is 7.17. The molecule has 0 radical (unpaired) electrons. The van der Waals surface area contributed by atoms with Gasteiger partial charge in [-0.05, 0) is 25.3 Å². The van der Waals surface area contributed by atoms with Gasteiger partial charge in [-0.25, -0.2) is 0 Å². The van der Waals surface area contributed by atoms with Crippen LogP contribution in [0.5, 0.6) is 0 Å². The highest BCUT2D eigenvalue weighted by Gasteiger charge is 2.21. The number of pyridine rings is 1. The molecular formula is C17H28N4OS. The SMILES string of the molecule is CCC1CN(C(=NC)NCCCCn2ccccc2=O)CCS1. The van der Waals surface area contributed by atoms with E-state index < -0.39 is 0 Å². The number of aryl methyl sites for hydroxylation is 1. The molecule has 1 aromatic rings. The van der Waals surface area contributed by atoms with Crippen LogP contribution in [0.1, 0.15) is 26.2 Å². The molecule has 2 rings (SSSR count). The van der Waals surface area contributed by atoms with Crippen LogP contribution < -0.4 is 10.9 Å². The zero-order chi connectivity index (χ0) is 16.5. The zero-order valence-electron chi connectivity index (χ0n) is 14.2. The molecule has 0 aromatic carbocycles. The molecule has 2 heterocycles. The maximum atomic E-state index is 11.6. The van der Waals surface area contributed by atoms with E-state index in [0.717, 1.165) is 45.0 Å². The first kappa shape index (κ1) is 17.9. The fraction of sp³-hybridized carbons (Fsp3) is 0.647. The predicted octanol–water partition coefficient (Wildman–Crippen LogP) is 2.03. The van der Waals surface area contributed by atoms with Crippen molar-refractivity contribution >= 4 is 17.7 Å². The van der Waals surface area contributed by atoms with Crippen molar-refractivity contribution in [2.45, 2.75) is 38.0 Å². The number of thioether (sulfide) groups is 1. The number of hydrogen-bond acceptors (Lipinski definition) is 3. The van der Waals surface area contributed by atoms with Gasteiger partial charge >= 0.3 is 0 Å². The molecule has 0 spiro atoms. The highest BCUT2D eigenvalue weighted by molar-refractivity contribution is 8.00. The molecule has 1 unspecified atom stereocenters. The number of aromatic nitrogens is 1. The summed E-state index contributed by atoms with van der Waals surface area (Å²) in [4.78, 5) is 18.4. The summed E-state index contributed by atoms with van der Waals surface area (Å²) < 4.78 is 1.77. The Kier molecular flexibility index (Phi) is 7.52. The van der Waals surface area contributed by atoms with Gasteiger partial charge in [-0.1, -0.05) is 13.0 Å². The quantitative estimate of drug-likeness (QED) is 0.491. The number of nitrogens with zero attached hydrogens (tertiary/aromatic N) is 3. The molecule has 0 bridgehead atoms. The number of unbranched alkanes of at least 4 members (excludes halogenated alkanes) is 1. The average molecular weight is 337 g/mol. The molecule has 6 heteroatoms. The monoisotopic (exact) mass is 336 g/mol. The Morgan fingerprint density at radius 3 is 3.04 bits per heavy atom. The van der Waals surface area contributed by atoms with Gasteiger partial charge in [0.25, 0.3) is 0 Å². The topological polar surface area (TPSA) is 49.6 Å².